The van der Waals surface area contributed by atoms with Crippen molar-refractivity contribution in [2.75, 3.05) is 4.90 Å². The summed E-state index contributed by atoms with van der Waals surface area (Å²) in [6.45, 7) is 1.89. The van der Waals surface area contributed by atoms with Gasteiger partial charge in [0.1, 0.15) is 11.2 Å². The molecule has 0 spiro atoms. The molecule has 8 heteroatoms. The lowest BCUT2D eigenvalue weighted by Crippen LogP contribution is -2.32. The SMILES string of the molecule is CC(=NC(c1ccccc1)c1ccccc1)C1SC=CN1c1cc(C(F)(F)F)c(Cl)cn1. The average Bonchev–Trinajstić information content (AvgIpc) is 3.28. The van der Waals surface area contributed by atoms with E-state index in [4.69, 9.17) is 16.6 Å². The van der Waals surface area contributed by atoms with Crippen LogP contribution in [0.15, 0.2) is 89.5 Å². The fraction of sp³-hybridized carbons (Fsp3) is 0.167. The summed E-state index contributed by atoms with van der Waals surface area (Å²) in [6, 6.07) is 20.6. The number of aromatic nitrogens is 1. The molecular weight excluding hydrogens is 455 g/mol. The van der Waals surface area contributed by atoms with Gasteiger partial charge in [-0.05, 0) is 29.5 Å². The largest absolute Gasteiger partial charge is 0.418 e. The Hall–Kier alpha value is -2.77. The van der Waals surface area contributed by atoms with Crippen molar-refractivity contribution in [1.82, 2.24) is 4.98 Å². The summed E-state index contributed by atoms with van der Waals surface area (Å²) in [6.07, 6.45) is -1.81. The van der Waals surface area contributed by atoms with E-state index in [-0.39, 0.29) is 17.2 Å². The van der Waals surface area contributed by atoms with Crippen LogP contribution in [0.2, 0.25) is 5.02 Å². The second-order valence-corrected chi connectivity index (χ2v) is 8.59. The van der Waals surface area contributed by atoms with Crippen molar-refractivity contribution in [2.45, 2.75) is 24.5 Å². The average molecular weight is 474 g/mol. The topological polar surface area (TPSA) is 28.5 Å². The predicted molar refractivity (Wildman–Crippen MR) is 125 cm³/mol. The summed E-state index contributed by atoms with van der Waals surface area (Å²) in [7, 11) is 0. The third-order valence-corrected chi connectivity index (χ3v) is 6.42. The molecule has 32 heavy (non-hydrogen) atoms. The summed E-state index contributed by atoms with van der Waals surface area (Å²) >= 11 is 7.21. The number of hydrogen-bond donors (Lipinski definition) is 0. The minimum Gasteiger partial charge on any atom is -0.314 e. The van der Waals surface area contributed by atoms with Crippen LogP contribution in [0, 0.1) is 0 Å². The standard InChI is InChI=1S/C24H19ClF3N3S/c1-16(30-22(17-8-4-2-5-9-17)18-10-6-3-7-11-18)23-31(12-13-32-23)21-14-19(24(26,27)28)20(25)15-29-21/h2-15,22-23H,1H3. The van der Waals surface area contributed by atoms with Crippen molar-refractivity contribution in [1.29, 1.82) is 0 Å². The Kier molecular flexibility index (Phi) is 6.58. The Bertz CT molecular complexity index is 1090. The van der Waals surface area contributed by atoms with E-state index >= 15 is 0 Å². The Morgan fingerprint density at radius 3 is 2.22 bits per heavy atom. The molecule has 2 aromatic carbocycles. The maximum absolute atomic E-state index is 13.3. The highest BCUT2D eigenvalue weighted by Crippen LogP contribution is 2.39. The Morgan fingerprint density at radius 2 is 1.66 bits per heavy atom. The third kappa shape index (κ3) is 4.84. The first-order chi connectivity index (χ1) is 15.3. The lowest BCUT2D eigenvalue weighted by Gasteiger charge is -2.26. The van der Waals surface area contributed by atoms with Crippen molar-refractivity contribution in [3.8, 4) is 0 Å². The molecule has 1 aromatic heterocycles. The molecule has 0 N–H and O–H groups in total. The van der Waals surface area contributed by atoms with Gasteiger partial charge >= 0.3 is 6.18 Å². The van der Waals surface area contributed by atoms with Gasteiger partial charge in [0.05, 0.1) is 16.6 Å². The van der Waals surface area contributed by atoms with Gasteiger partial charge in [-0.3, -0.25) is 4.99 Å². The van der Waals surface area contributed by atoms with Gasteiger partial charge in [-0.1, -0.05) is 72.3 Å². The zero-order valence-corrected chi connectivity index (χ0v) is 18.6. The predicted octanol–water partition coefficient (Wildman–Crippen LogP) is 7.35. The van der Waals surface area contributed by atoms with Crippen LogP contribution in [0.3, 0.4) is 0 Å². The highest BCUT2D eigenvalue weighted by molar-refractivity contribution is 8.03. The number of halogens is 4. The minimum absolute atomic E-state index is 0.165. The fourth-order valence-corrected chi connectivity index (χ4v) is 4.61. The molecule has 1 atom stereocenters. The molecule has 3 aromatic rings. The van der Waals surface area contributed by atoms with Crippen LogP contribution in [0.1, 0.15) is 29.7 Å². The van der Waals surface area contributed by atoms with Crippen LogP contribution in [0.5, 0.6) is 0 Å². The van der Waals surface area contributed by atoms with Crippen LogP contribution < -0.4 is 4.90 Å². The highest BCUT2D eigenvalue weighted by Gasteiger charge is 2.35. The first-order valence-electron chi connectivity index (χ1n) is 9.82. The molecule has 4 rings (SSSR count). The van der Waals surface area contributed by atoms with Crippen LogP contribution in [-0.4, -0.2) is 16.1 Å². The number of pyridine rings is 1. The molecule has 0 saturated heterocycles. The van der Waals surface area contributed by atoms with Gasteiger partial charge in [-0.15, -0.1) is 11.8 Å². The van der Waals surface area contributed by atoms with E-state index in [1.165, 1.54) is 11.8 Å². The van der Waals surface area contributed by atoms with Gasteiger partial charge in [-0.25, -0.2) is 4.98 Å². The quantitative estimate of drug-likeness (QED) is 0.362. The summed E-state index contributed by atoms with van der Waals surface area (Å²) in [4.78, 5) is 10.8. The number of rotatable bonds is 5. The summed E-state index contributed by atoms with van der Waals surface area (Å²) in [5.41, 5.74) is 1.92. The van der Waals surface area contributed by atoms with Gasteiger partial charge in [0.25, 0.3) is 0 Å². The molecule has 1 aliphatic rings. The number of nitrogens with zero attached hydrogens (tertiary/aromatic N) is 3. The molecule has 0 fully saturated rings. The number of thioether (sulfide) groups is 1. The number of benzene rings is 2. The smallest absolute Gasteiger partial charge is 0.314 e. The van der Waals surface area contributed by atoms with Gasteiger partial charge in [0.15, 0.2) is 0 Å². The Labute approximate surface area is 193 Å². The maximum atomic E-state index is 13.3. The van der Waals surface area contributed by atoms with Crippen molar-refractivity contribution in [2.24, 2.45) is 4.99 Å². The lowest BCUT2D eigenvalue weighted by molar-refractivity contribution is -0.137. The van der Waals surface area contributed by atoms with Crippen LogP contribution in [0.4, 0.5) is 19.0 Å². The van der Waals surface area contributed by atoms with Gasteiger partial charge < -0.3 is 4.90 Å². The molecule has 3 nitrogen and oxygen atoms in total. The van der Waals surface area contributed by atoms with Gasteiger partial charge in [-0.2, -0.15) is 13.2 Å². The maximum Gasteiger partial charge on any atom is 0.418 e. The van der Waals surface area contributed by atoms with E-state index in [2.05, 4.69) is 4.98 Å². The van der Waals surface area contributed by atoms with Crippen LogP contribution >= 0.6 is 23.4 Å². The van der Waals surface area contributed by atoms with Crippen molar-refractivity contribution in [3.63, 3.8) is 0 Å². The summed E-state index contributed by atoms with van der Waals surface area (Å²) < 4.78 is 40.0. The molecule has 1 aliphatic heterocycles. The summed E-state index contributed by atoms with van der Waals surface area (Å²) in [5.74, 6) is 0.165. The molecular formula is C24H19ClF3N3S. The van der Waals surface area contributed by atoms with Crippen molar-refractivity contribution in [3.05, 3.63) is 106 Å². The number of aliphatic imine (C=N–C) groups is 1. The van der Waals surface area contributed by atoms with Crippen molar-refractivity contribution < 1.29 is 13.2 Å². The molecule has 0 amide bonds. The monoisotopic (exact) mass is 473 g/mol. The molecule has 2 heterocycles. The second-order valence-electron chi connectivity index (χ2n) is 7.20. The third-order valence-electron chi connectivity index (χ3n) is 5.01. The number of hydrogen-bond acceptors (Lipinski definition) is 4. The Balaban J connectivity index is 1.69. The van der Waals surface area contributed by atoms with E-state index < -0.39 is 16.8 Å². The molecule has 0 radical (unpaired) electrons. The zero-order valence-electron chi connectivity index (χ0n) is 17.0. The number of alkyl halides is 3. The van der Waals surface area contributed by atoms with E-state index in [1.807, 2.05) is 73.0 Å². The minimum atomic E-state index is -4.56. The van der Waals surface area contributed by atoms with Crippen LogP contribution in [0.25, 0.3) is 0 Å². The van der Waals surface area contributed by atoms with Gasteiger partial charge in [0.2, 0.25) is 0 Å². The lowest BCUT2D eigenvalue weighted by atomic mass is 9.99. The van der Waals surface area contributed by atoms with E-state index in [1.54, 1.807) is 11.1 Å². The number of anilines is 1. The molecule has 164 valence electrons. The van der Waals surface area contributed by atoms with Crippen LogP contribution in [-0.2, 0) is 6.18 Å². The zero-order chi connectivity index (χ0) is 22.7. The second kappa shape index (κ2) is 9.38. The van der Waals surface area contributed by atoms with Gasteiger partial charge in [0, 0.05) is 18.1 Å². The van der Waals surface area contributed by atoms with Crippen molar-refractivity contribution >= 4 is 34.9 Å². The molecule has 0 bridgehead atoms. The molecule has 1 unspecified atom stereocenters. The first kappa shape index (κ1) is 22.4. The Morgan fingerprint density at radius 1 is 1.06 bits per heavy atom. The molecule has 0 saturated carbocycles. The fourth-order valence-electron chi connectivity index (χ4n) is 3.48. The van der Waals surface area contributed by atoms with E-state index in [9.17, 15) is 13.2 Å². The first-order valence-corrected chi connectivity index (χ1v) is 11.1. The normalized spacial score (nSPS) is 16.8. The van der Waals surface area contributed by atoms with E-state index in [0.29, 0.717) is 0 Å². The van der Waals surface area contributed by atoms with E-state index in [0.717, 1.165) is 29.1 Å². The summed E-state index contributed by atoms with van der Waals surface area (Å²) in [5, 5.41) is 1.08. The highest BCUT2D eigenvalue weighted by atomic mass is 35.5. The molecule has 0 aliphatic carbocycles.